The molecule has 146 valence electrons. The lowest BCUT2D eigenvalue weighted by Crippen LogP contribution is -2.15. The van der Waals surface area contributed by atoms with E-state index in [1.165, 1.54) is 50.7 Å². The van der Waals surface area contributed by atoms with Gasteiger partial charge in [-0.25, -0.2) is 8.78 Å². The van der Waals surface area contributed by atoms with Gasteiger partial charge in [-0.15, -0.1) is 0 Å². The van der Waals surface area contributed by atoms with Gasteiger partial charge in [-0.1, -0.05) is 31.9 Å². The molecule has 2 aliphatic rings. The summed E-state index contributed by atoms with van der Waals surface area (Å²) in [4.78, 5) is 0. The molecule has 2 fully saturated rings. The summed E-state index contributed by atoms with van der Waals surface area (Å²) < 4.78 is 27.7. The van der Waals surface area contributed by atoms with Gasteiger partial charge in [0.05, 0.1) is 0 Å². The molecule has 2 saturated carbocycles. The van der Waals surface area contributed by atoms with E-state index in [0.717, 1.165) is 37.5 Å². The third-order valence-electron chi connectivity index (χ3n) is 6.66. The molecule has 1 aromatic carbocycles. The van der Waals surface area contributed by atoms with Gasteiger partial charge in [-0.3, -0.25) is 0 Å². The topological polar surface area (TPSA) is 23.8 Å². The molecule has 0 amide bonds. The number of rotatable bonds is 5. The average Bonchev–Trinajstić information content (AvgIpc) is 2.68. The minimum absolute atomic E-state index is 0.205. The second-order valence-corrected chi connectivity index (χ2v) is 8.54. The smallest absolute Gasteiger partial charge is 0.144 e. The van der Waals surface area contributed by atoms with Crippen LogP contribution in [0.15, 0.2) is 24.3 Å². The lowest BCUT2D eigenvalue weighted by Gasteiger charge is -2.29. The van der Waals surface area contributed by atoms with E-state index in [9.17, 15) is 8.78 Å². The van der Waals surface area contributed by atoms with Crippen molar-refractivity contribution in [1.82, 2.24) is 0 Å². The first kappa shape index (κ1) is 20.1. The van der Waals surface area contributed by atoms with Crippen LogP contribution in [-0.4, -0.2) is 0 Å². The van der Waals surface area contributed by atoms with Gasteiger partial charge in [0.2, 0.25) is 0 Å². The maximum absolute atomic E-state index is 13.9. The summed E-state index contributed by atoms with van der Waals surface area (Å²) in [6.45, 7) is 2.28. The first-order valence-electron chi connectivity index (χ1n) is 10.7. The molecule has 0 unspecified atom stereocenters. The van der Waals surface area contributed by atoms with Crippen LogP contribution in [0.25, 0.3) is 0 Å². The highest BCUT2D eigenvalue weighted by Gasteiger charge is 2.24. The summed E-state index contributed by atoms with van der Waals surface area (Å²) in [5.41, 5.74) is 0.240. The van der Waals surface area contributed by atoms with Crippen molar-refractivity contribution >= 4 is 0 Å². The molecule has 0 aliphatic heterocycles. The fourth-order valence-corrected chi connectivity index (χ4v) is 4.97. The molecule has 3 heteroatoms. The van der Waals surface area contributed by atoms with Crippen LogP contribution in [0.5, 0.6) is 0 Å². The number of allylic oxidation sites excluding steroid dienone is 2. The maximum Gasteiger partial charge on any atom is 0.144 e. The van der Waals surface area contributed by atoms with Crippen LogP contribution in [0.2, 0.25) is 0 Å². The lowest BCUT2D eigenvalue weighted by molar-refractivity contribution is 0.292. The van der Waals surface area contributed by atoms with Crippen molar-refractivity contribution in [2.45, 2.75) is 77.0 Å². The number of halogens is 2. The SMILES string of the molecule is CCC[C@H]1CC[C@H](C=C[C@H]2CC[C@H](c3cc(F)c(C#N)c(F)c3)CC2)CC1. The molecule has 27 heavy (non-hydrogen) atoms. The Labute approximate surface area is 162 Å². The third kappa shape index (κ3) is 5.18. The first-order chi connectivity index (χ1) is 13.1. The number of nitriles is 1. The lowest BCUT2D eigenvalue weighted by atomic mass is 9.77. The van der Waals surface area contributed by atoms with Gasteiger partial charge in [0, 0.05) is 0 Å². The molecule has 1 nitrogen and oxygen atoms in total. The molecule has 3 rings (SSSR count). The Kier molecular flexibility index (Phi) is 7.05. The highest BCUT2D eigenvalue weighted by Crippen LogP contribution is 2.38. The van der Waals surface area contributed by atoms with Gasteiger partial charge in [-0.05, 0) is 92.7 Å². The summed E-state index contributed by atoms with van der Waals surface area (Å²) in [5.74, 6) is 1.04. The Hall–Kier alpha value is -1.69. The Morgan fingerprint density at radius 1 is 0.926 bits per heavy atom. The van der Waals surface area contributed by atoms with Crippen LogP contribution < -0.4 is 0 Å². The maximum atomic E-state index is 13.9. The van der Waals surface area contributed by atoms with E-state index in [1.54, 1.807) is 6.07 Å². The monoisotopic (exact) mass is 371 g/mol. The quantitative estimate of drug-likeness (QED) is 0.499. The Morgan fingerprint density at radius 3 is 1.93 bits per heavy atom. The molecule has 0 atom stereocenters. The Bertz CT molecular complexity index is 664. The van der Waals surface area contributed by atoms with E-state index in [1.807, 2.05) is 0 Å². The number of nitrogens with zero attached hydrogens (tertiary/aromatic N) is 1. The molecular formula is C24H31F2N. The molecule has 0 saturated heterocycles. The second kappa shape index (κ2) is 9.49. The second-order valence-electron chi connectivity index (χ2n) is 8.54. The van der Waals surface area contributed by atoms with Crippen molar-refractivity contribution < 1.29 is 8.78 Å². The van der Waals surface area contributed by atoms with Crippen molar-refractivity contribution in [2.24, 2.45) is 17.8 Å². The van der Waals surface area contributed by atoms with E-state index in [4.69, 9.17) is 5.26 Å². The Balaban J connectivity index is 1.49. The van der Waals surface area contributed by atoms with E-state index in [0.29, 0.717) is 11.5 Å². The minimum Gasteiger partial charge on any atom is -0.205 e. The highest BCUT2D eigenvalue weighted by molar-refractivity contribution is 5.36. The summed E-state index contributed by atoms with van der Waals surface area (Å²) in [5, 5.41) is 8.81. The summed E-state index contributed by atoms with van der Waals surface area (Å²) >= 11 is 0. The van der Waals surface area contributed by atoms with Gasteiger partial charge in [0.25, 0.3) is 0 Å². The van der Waals surface area contributed by atoms with Gasteiger partial charge in [0.15, 0.2) is 0 Å². The average molecular weight is 372 g/mol. The van der Waals surface area contributed by atoms with Crippen molar-refractivity contribution in [3.05, 3.63) is 47.0 Å². The van der Waals surface area contributed by atoms with Crippen LogP contribution in [0.4, 0.5) is 8.78 Å². The molecule has 0 heterocycles. The zero-order chi connectivity index (χ0) is 19.2. The van der Waals surface area contributed by atoms with Gasteiger partial charge < -0.3 is 0 Å². The summed E-state index contributed by atoms with van der Waals surface area (Å²) in [6, 6.07) is 4.32. The number of benzene rings is 1. The first-order valence-corrected chi connectivity index (χ1v) is 10.7. The molecule has 0 radical (unpaired) electrons. The highest BCUT2D eigenvalue weighted by atomic mass is 19.1. The standard InChI is InChI=1S/C24H31F2N/c1-2-3-17-4-6-18(7-5-17)8-9-19-10-12-20(13-11-19)21-14-23(25)22(16-27)24(26)15-21/h8-9,14-15,17-20H,2-7,10-13H2,1H3/t17-,18-,19-,20-. The largest absolute Gasteiger partial charge is 0.205 e. The van der Waals surface area contributed by atoms with Crippen molar-refractivity contribution in [3.63, 3.8) is 0 Å². The molecule has 0 aromatic heterocycles. The van der Waals surface area contributed by atoms with Crippen molar-refractivity contribution in [3.8, 4) is 6.07 Å². The molecular weight excluding hydrogens is 340 g/mol. The van der Waals surface area contributed by atoms with Crippen LogP contribution in [0.1, 0.15) is 88.2 Å². The fourth-order valence-electron chi connectivity index (χ4n) is 4.97. The molecule has 0 N–H and O–H groups in total. The Morgan fingerprint density at radius 2 is 1.44 bits per heavy atom. The van der Waals surface area contributed by atoms with Crippen molar-refractivity contribution in [2.75, 3.05) is 0 Å². The van der Waals surface area contributed by atoms with Gasteiger partial charge in [-0.2, -0.15) is 5.26 Å². The minimum atomic E-state index is -0.729. The predicted octanol–water partition coefficient (Wildman–Crippen LogP) is 7.27. The van der Waals surface area contributed by atoms with Crippen LogP contribution >= 0.6 is 0 Å². The van der Waals surface area contributed by atoms with Crippen LogP contribution in [-0.2, 0) is 0 Å². The van der Waals surface area contributed by atoms with E-state index < -0.39 is 17.2 Å². The predicted molar refractivity (Wildman–Crippen MR) is 105 cm³/mol. The molecule has 2 aliphatic carbocycles. The van der Waals surface area contributed by atoms with Crippen LogP contribution in [0, 0.1) is 40.7 Å². The summed E-state index contributed by atoms with van der Waals surface area (Å²) in [6.07, 6.45) is 17.1. The molecule has 0 spiro atoms. The van der Waals surface area contributed by atoms with Crippen LogP contribution in [0.3, 0.4) is 0 Å². The fraction of sp³-hybridized carbons (Fsp3) is 0.625. The van der Waals surface area contributed by atoms with E-state index in [2.05, 4.69) is 19.1 Å². The van der Waals surface area contributed by atoms with E-state index >= 15 is 0 Å². The number of hydrogen-bond acceptors (Lipinski definition) is 1. The normalized spacial score (nSPS) is 29.0. The zero-order valence-electron chi connectivity index (χ0n) is 16.4. The summed E-state index contributed by atoms with van der Waals surface area (Å²) in [7, 11) is 0. The molecule has 1 aromatic rings. The third-order valence-corrected chi connectivity index (χ3v) is 6.66. The number of hydrogen-bond donors (Lipinski definition) is 0. The van der Waals surface area contributed by atoms with Gasteiger partial charge >= 0.3 is 0 Å². The van der Waals surface area contributed by atoms with E-state index in [-0.39, 0.29) is 5.92 Å². The van der Waals surface area contributed by atoms with Crippen molar-refractivity contribution in [1.29, 1.82) is 5.26 Å². The van der Waals surface area contributed by atoms with Gasteiger partial charge in [0.1, 0.15) is 23.3 Å². The zero-order valence-corrected chi connectivity index (χ0v) is 16.4. The molecule has 0 bridgehead atoms.